The number of carboxylic acids is 1. The molecular weight excluding hydrogens is 592 g/mol. The summed E-state index contributed by atoms with van der Waals surface area (Å²) < 4.78 is 5.30. The minimum Gasteiger partial charge on any atom is -0.480 e. The molecule has 0 aliphatic carbocycles. The highest BCUT2D eigenvalue weighted by Crippen LogP contribution is 2.33. The molecule has 2 aliphatic heterocycles. The monoisotopic (exact) mass is 626 g/mol. The normalized spacial score (nSPS) is 16.0. The molecule has 2 aromatic carbocycles. The number of anilines is 1. The lowest BCUT2D eigenvalue weighted by Gasteiger charge is -2.31. The fraction of sp³-hybridized carbons (Fsp3) is 0.367. The van der Waals surface area contributed by atoms with Crippen LogP contribution in [0.4, 0.5) is 10.5 Å². The van der Waals surface area contributed by atoms with Gasteiger partial charge in [0.1, 0.15) is 19.2 Å². The number of carboxylic acid groups (broad SMARTS) is 1. The summed E-state index contributed by atoms with van der Waals surface area (Å²) in [4.78, 5) is 64.6. The van der Waals surface area contributed by atoms with Crippen molar-refractivity contribution in [3.63, 3.8) is 0 Å². The Bertz CT molecular complexity index is 1370. The van der Waals surface area contributed by atoms with Crippen LogP contribution in [0, 0.1) is 0 Å². The second kappa shape index (κ2) is 15.5. The molecule has 1 unspecified atom stereocenters. The van der Waals surface area contributed by atoms with E-state index in [1.807, 2.05) is 30.3 Å². The molecule has 2 aromatic rings. The SMILES string of the molecule is C=C1CCC(N2Cc3c(NC(=O)OCCSSCCCC(=O)N(CC(=O)O)Cc4ccccc4)cccc3C2=O)C(=O)N1. The molecule has 0 aromatic heterocycles. The number of ether oxygens (including phenoxy) is 1. The van der Waals surface area contributed by atoms with E-state index in [-0.39, 0.29) is 50.4 Å². The lowest BCUT2D eigenvalue weighted by Crippen LogP contribution is -2.49. The van der Waals surface area contributed by atoms with Gasteiger partial charge in [-0.1, -0.05) is 64.6 Å². The number of allylic oxidation sites excluding steroid dienone is 1. The molecule has 0 spiro atoms. The Balaban J connectivity index is 1.14. The average Bonchev–Trinajstić information content (AvgIpc) is 3.31. The van der Waals surface area contributed by atoms with Crippen molar-refractivity contribution in [2.75, 3.05) is 30.0 Å². The fourth-order valence-corrected chi connectivity index (χ4v) is 6.77. The molecule has 4 rings (SSSR count). The van der Waals surface area contributed by atoms with E-state index in [1.165, 1.54) is 20.6 Å². The zero-order valence-electron chi connectivity index (χ0n) is 23.6. The molecule has 0 saturated carbocycles. The van der Waals surface area contributed by atoms with Crippen LogP contribution < -0.4 is 10.6 Å². The number of aliphatic carboxylic acids is 1. The Morgan fingerprint density at radius 2 is 1.86 bits per heavy atom. The van der Waals surface area contributed by atoms with Crippen molar-refractivity contribution < 1.29 is 33.8 Å². The first kappa shape index (κ1) is 32.0. The summed E-state index contributed by atoms with van der Waals surface area (Å²) in [5, 5.41) is 14.6. The van der Waals surface area contributed by atoms with E-state index in [2.05, 4.69) is 17.2 Å². The highest BCUT2D eigenvalue weighted by molar-refractivity contribution is 8.76. The van der Waals surface area contributed by atoms with Gasteiger partial charge in [0, 0.05) is 53.5 Å². The minimum absolute atomic E-state index is 0.165. The Kier molecular flexibility index (Phi) is 11.5. The predicted molar refractivity (Wildman–Crippen MR) is 165 cm³/mol. The molecule has 2 aliphatic rings. The Labute approximate surface area is 257 Å². The maximum atomic E-state index is 13.0. The second-order valence-electron chi connectivity index (χ2n) is 10.0. The number of carbonyl (C=O) groups is 5. The average molecular weight is 627 g/mol. The van der Waals surface area contributed by atoms with E-state index < -0.39 is 18.1 Å². The number of fused-ring (bicyclic) bond motifs is 1. The molecule has 11 nitrogen and oxygen atoms in total. The van der Waals surface area contributed by atoms with E-state index >= 15 is 0 Å². The molecule has 43 heavy (non-hydrogen) atoms. The molecule has 1 atom stereocenters. The summed E-state index contributed by atoms with van der Waals surface area (Å²) in [6.07, 6.45) is 1.30. The summed E-state index contributed by atoms with van der Waals surface area (Å²) in [6.45, 7) is 4.07. The molecule has 228 valence electrons. The summed E-state index contributed by atoms with van der Waals surface area (Å²) in [5.41, 5.74) is 3.08. The highest BCUT2D eigenvalue weighted by atomic mass is 33.1. The number of carbonyl (C=O) groups excluding carboxylic acids is 4. The molecule has 0 radical (unpaired) electrons. The summed E-state index contributed by atoms with van der Waals surface area (Å²) in [7, 11) is 3.06. The Morgan fingerprint density at radius 1 is 1.09 bits per heavy atom. The standard InChI is InChI=1S/C30H34N4O7S2/c1-20-12-13-25(28(38)31-20)34-18-23-22(29(34)39)9-5-10-24(23)32-30(40)41-14-16-43-42-15-6-11-26(35)33(19-27(36)37)17-21-7-3-2-4-8-21/h2-5,7-10,25H,1,6,11-19H2,(H,31,38)(H,32,40)(H,36,37). The number of piperidine rings is 1. The van der Waals surface area contributed by atoms with Crippen molar-refractivity contribution in [1.29, 1.82) is 0 Å². The number of nitrogens with one attached hydrogen (secondary N) is 2. The number of rotatable bonds is 14. The maximum Gasteiger partial charge on any atom is 0.411 e. The minimum atomic E-state index is -1.05. The van der Waals surface area contributed by atoms with Crippen LogP contribution in [0.1, 0.15) is 47.2 Å². The number of benzene rings is 2. The van der Waals surface area contributed by atoms with Crippen LogP contribution in [0.2, 0.25) is 0 Å². The van der Waals surface area contributed by atoms with Crippen LogP contribution in [-0.2, 0) is 32.2 Å². The zero-order chi connectivity index (χ0) is 30.8. The van der Waals surface area contributed by atoms with E-state index in [4.69, 9.17) is 4.74 Å². The van der Waals surface area contributed by atoms with Crippen molar-refractivity contribution in [2.45, 2.75) is 44.8 Å². The van der Waals surface area contributed by atoms with Gasteiger partial charge in [0.25, 0.3) is 5.91 Å². The van der Waals surface area contributed by atoms with Crippen molar-refractivity contribution in [3.8, 4) is 0 Å². The van der Waals surface area contributed by atoms with Crippen LogP contribution in [-0.4, -0.2) is 75.4 Å². The van der Waals surface area contributed by atoms with Gasteiger partial charge in [0.15, 0.2) is 0 Å². The van der Waals surface area contributed by atoms with Gasteiger partial charge in [0.05, 0.1) is 0 Å². The second-order valence-corrected chi connectivity index (χ2v) is 12.8. The van der Waals surface area contributed by atoms with Gasteiger partial charge >= 0.3 is 12.1 Å². The van der Waals surface area contributed by atoms with Crippen LogP contribution in [0.5, 0.6) is 0 Å². The molecule has 3 N–H and O–H groups in total. The van der Waals surface area contributed by atoms with Gasteiger partial charge in [-0.05, 0) is 37.0 Å². The van der Waals surface area contributed by atoms with Gasteiger partial charge in [-0.25, -0.2) is 4.79 Å². The third kappa shape index (κ3) is 9.01. The Hall–Kier alpha value is -3.97. The lowest BCUT2D eigenvalue weighted by atomic mass is 10.0. The predicted octanol–water partition coefficient (Wildman–Crippen LogP) is 4.26. The van der Waals surface area contributed by atoms with Crippen molar-refractivity contribution in [2.24, 2.45) is 0 Å². The quantitative estimate of drug-likeness (QED) is 0.207. The molecule has 1 fully saturated rings. The molecular formula is C30H34N4O7S2. The van der Waals surface area contributed by atoms with Crippen molar-refractivity contribution in [3.05, 3.63) is 77.5 Å². The van der Waals surface area contributed by atoms with E-state index in [0.29, 0.717) is 53.3 Å². The third-order valence-corrected chi connectivity index (χ3v) is 9.38. The first-order valence-corrected chi connectivity index (χ1v) is 16.3. The molecule has 2 heterocycles. The largest absolute Gasteiger partial charge is 0.480 e. The van der Waals surface area contributed by atoms with Gasteiger partial charge in [0.2, 0.25) is 11.8 Å². The van der Waals surface area contributed by atoms with Crippen LogP contribution in [0.3, 0.4) is 0 Å². The van der Waals surface area contributed by atoms with Crippen LogP contribution in [0.25, 0.3) is 0 Å². The molecule has 1 saturated heterocycles. The lowest BCUT2D eigenvalue weighted by molar-refractivity contribution is -0.144. The number of hydrogen-bond donors (Lipinski definition) is 3. The number of hydrogen-bond acceptors (Lipinski definition) is 8. The summed E-state index contributed by atoms with van der Waals surface area (Å²) in [6, 6.07) is 13.7. The zero-order valence-corrected chi connectivity index (χ0v) is 25.2. The van der Waals surface area contributed by atoms with Gasteiger partial charge in [-0.15, -0.1) is 0 Å². The van der Waals surface area contributed by atoms with Crippen LogP contribution >= 0.6 is 21.6 Å². The van der Waals surface area contributed by atoms with Crippen molar-refractivity contribution >= 4 is 57.1 Å². The van der Waals surface area contributed by atoms with Crippen molar-refractivity contribution in [1.82, 2.24) is 15.1 Å². The summed E-state index contributed by atoms with van der Waals surface area (Å²) >= 11 is 0. The smallest absolute Gasteiger partial charge is 0.411 e. The van der Waals surface area contributed by atoms with E-state index in [1.54, 1.807) is 29.0 Å². The first-order chi connectivity index (χ1) is 20.7. The number of nitrogens with zero attached hydrogens (tertiary/aromatic N) is 2. The molecule has 13 heteroatoms. The topological polar surface area (TPSA) is 145 Å². The summed E-state index contributed by atoms with van der Waals surface area (Å²) in [5.74, 6) is -0.542. The fourth-order valence-electron chi connectivity index (χ4n) is 4.85. The Morgan fingerprint density at radius 3 is 2.60 bits per heavy atom. The first-order valence-electron chi connectivity index (χ1n) is 13.9. The van der Waals surface area contributed by atoms with E-state index in [9.17, 15) is 29.1 Å². The van der Waals surface area contributed by atoms with E-state index in [0.717, 1.165) is 5.56 Å². The third-order valence-electron chi connectivity index (χ3n) is 6.93. The highest BCUT2D eigenvalue weighted by Gasteiger charge is 2.39. The van der Waals surface area contributed by atoms with Crippen LogP contribution in [0.15, 0.2) is 60.8 Å². The van der Waals surface area contributed by atoms with Gasteiger partial charge in [-0.3, -0.25) is 24.5 Å². The maximum absolute atomic E-state index is 13.0. The molecule has 0 bridgehead atoms. The van der Waals surface area contributed by atoms with Gasteiger partial charge in [-0.2, -0.15) is 0 Å². The molecule has 4 amide bonds. The number of amides is 4. The van der Waals surface area contributed by atoms with Gasteiger partial charge < -0.3 is 25.0 Å².